The summed E-state index contributed by atoms with van der Waals surface area (Å²) in [4.78, 5) is 9.29. The Labute approximate surface area is 214 Å². The van der Waals surface area contributed by atoms with Crippen molar-refractivity contribution in [1.29, 1.82) is 0 Å². The van der Waals surface area contributed by atoms with Crippen LogP contribution in [0.4, 0.5) is 25.4 Å². The number of hydrogen-bond acceptors (Lipinski definition) is 7. The number of halogens is 2. The quantitative estimate of drug-likeness (QED) is 0.512. The predicted molar refractivity (Wildman–Crippen MR) is 139 cm³/mol. The average Bonchev–Trinajstić information content (AvgIpc) is 3.54. The summed E-state index contributed by atoms with van der Waals surface area (Å²) >= 11 is 1.44. The van der Waals surface area contributed by atoms with Crippen molar-refractivity contribution in [3.8, 4) is 10.4 Å². The van der Waals surface area contributed by atoms with Gasteiger partial charge in [0.05, 0.1) is 10.9 Å². The zero-order chi connectivity index (χ0) is 24.8. The number of alkyl halides is 2. The molecule has 1 aromatic carbocycles. The lowest BCUT2D eigenvalue weighted by atomic mass is 9.94. The molecule has 5 heterocycles. The van der Waals surface area contributed by atoms with E-state index in [4.69, 9.17) is 9.84 Å². The van der Waals surface area contributed by atoms with Gasteiger partial charge in [0.1, 0.15) is 0 Å². The van der Waals surface area contributed by atoms with Gasteiger partial charge in [0.15, 0.2) is 10.9 Å². The van der Waals surface area contributed by atoms with E-state index in [-0.39, 0.29) is 5.56 Å². The summed E-state index contributed by atoms with van der Waals surface area (Å²) in [7, 11) is 3.83. The first-order valence-electron chi connectivity index (χ1n) is 12.8. The van der Waals surface area contributed by atoms with Crippen LogP contribution in [0.5, 0.6) is 0 Å². The fraction of sp³-hybridized carbons (Fsp3) is 0.538. The van der Waals surface area contributed by atoms with Crippen LogP contribution in [0, 0.1) is 0 Å². The van der Waals surface area contributed by atoms with Gasteiger partial charge in [-0.3, -0.25) is 4.68 Å². The predicted octanol–water partition coefficient (Wildman–Crippen LogP) is 5.09. The lowest BCUT2D eigenvalue weighted by molar-refractivity contribution is 0.0653. The molecule has 2 aromatic heterocycles. The van der Waals surface area contributed by atoms with Crippen LogP contribution in [0.15, 0.2) is 18.3 Å². The van der Waals surface area contributed by atoms with Crippen molar-refractivity contribution in [1.82, 2.24) is 20.1 Å². The van der Waals surface area contributed by atoms with Crippen LogP contribution in [-0.4, -0.2) is 55.2 Å². The largest absolute Gasteiger partial charge is 0.381 e. The van der Waals surface area contributed by atoms with Gasteiger partial charge in [-0.1, -0.05) is 11.3 Å². The first-order chi connectivity index (χ1) is 17.5. The molecule has 1 fully saturated rings. The molecule has 0 bridgehead atoms. The maximum absolute atomic E-state index is 14.4. The number of thiazole rings is 1. The molecule has 0 spiro atoms. The minimum atomic E-state index is -2.57. The highest BCUT2D eigenvalue weighted by Gasteiger charge is 2.32. The summed E-state index contributed by atoms with van der Waals surface area (Å²) in [6.07, 6.45) is 3.81. The van der Waals surface area contributed by atoms with E-state index in [1.807, 2.05) is 25.1 Å². The molecule has 3 aliphatic heterocycles. The monoisotopic (exact) mass is 514 g/mol. The van der Waals surface area contributed by atoms with Crippen molar-refractivity contribution in [2.75, 3.05) is 50.2 Å². The third-order valence-electron chi connectivity index (χ3n) is 7.48. The Balaban J connectivity index is 1.44. The van der Waals surface area contributed by atoms with Gasteiger partial charge in [0.2, 0.25) is 0 Å². The Morgan fingerprint density at radius 1 is 1.19 bits per heavy atom. The first-order valence-corrected chi connectivity index (χ1v) is 13.6. The minimum Gasteiger partial charge on any atom is -0.381 e. The lowest BCUT2D eigenvalue weighted by Gasteiger charge is -2.32. The second-order valence-electron chi connectivity index (χ2n) is 9.99. The molecule has 0 aliphatic carbocycles. The van der Waals surface area contributed by atoms with Crippen molar-refractivity contribution in [2.45, 2.75) is 51.1 Å². The van der Waals surface area contributed by atoms with Crippen LogP contribution in [0.1, 0.15) is 54.1 Å². The van der Waals surface area contributed by atoms with Gasteiger partial charge < -0.3 is 19.9 Å². The van der Waals surface area contributed by atoms with Crippen molar-refractivity contribution in [3.63, 3.8) is 0 Å². The third kappa shape index (κ3) is 4.18. The molecule has 0 radical (unpaired) electrons. The SMILES string of the molecule is CN(C)c1ncc(-c2cc3c(cc2C(F)F)N(c2nn(C4CCOCC4)c4c2CNCC4)CCC3)s1. The number of aromatic nitrogens is 3. The summed E-state index contributed by atoms with van der Waals surface area (Å²) < 4.78 is 36.6. The topological polar surface area (TPSA) is 58.5 Å². The van der Waals surface area contributed by atoms with Crippen LogP contribution < -0.4 is 15.1 Å². The molecule has 10 heteroatoms. The number of rotatable bonds is 5. The number of aryl methyl sites for hydroxylation is 1. The molecule has 3 aliphatic rings. The van der Waals surface area contributed by atoms with Gasteiger partial charge in [-0.2, -0.15) is 5.10 Å². The summed E-state index contributed by atoms with van der Waals surface area (Å²) in [5.74, 6) is 0.922. The average molecular weight is 515 g/mol. The summed E-state index contributed by atoms with van der Waals surface area (Å²) in [6, 6.07) is 4.01. The van der Waals surface area contributed by atoms with Gasteiger partial charge in [-0.05, 0) is 43.4 Å². The van der Waals surface area contributed by atoms with Gasteiger partial charge in [0.25, 0.3) is 6.43 Å². The van der Waals surface area contributed by atoms with Crippen molar-refractivity contribution < 1.29 is 13.5 Å². The van der Waals surface area contributed by atoms with E-state index >= 15 is 0 Å². The van der Waals surface area contributed by atoms with E-state index in [2.05, 4.69) is 19.9 Å². The van der Waals surface area contributed by atoms with E-state index < -0.39 is 6.43 Å². The van der Waals surface area contributed by atoms with Gasteiger partial charge in [-0.15, -0.1) is 0 Å². The lowest BCUT2D eigenvalue weighted by Crippen LogP contribution is -2.29. The standard InChI is InChI=1S/C26H32F2N6OS/c1-32(2)26-30-15-23(36-26)18-12-16-4-3-9-33(22(16)13-19(18)24(27)28)25-20-14-29-8-5-21(20)34(31-25)17-6-10-35-11-7-17/h12-13,15,17,24,29H,3-11,14H2,1-2H3. The molecule has 36 heavy (non-hydrogen) atoms. The van der Waals surface area contributed by atoms with Gasteiger partial charge in [-0.25, -0.2) is 13.8 Å². The number of nitrogens with zero attached hydrogens (tertiary/aromatic N) is 5. The van der Waals surface area contributed by atoms with Crippen LogP contribution >= 0.6 is 11.3 Å². The molecule has 0 amide bonds. The molecular formula is C26H32F2N6OS. The maximum atomic E-state index is 14.4. The van der Waals surface area contributed by atoms with Crippen molar-refractivity contribution >= 4 is 28.0 Å². The first kappa shape index (κ1) is 23.8. The van der Waals surface area contributed by atoms with E-state index in [9.17, 15) is 8.78 Å². The Kier molecular flexibility index (Phi) is 6.43. The van der Waals surface area contributed by atoms with E-state index in [1.54, 1.807) is 12.3 Å². The number of nitrogens with one attached hydrogen (secondary N) is 1. The van der Waals surface area contributed by atoms with E-state index in [0.29, 0.717) is 11.6 Å². The summed E-state index contributed by atoms with van der Waals surface area (Å²) in [6.45, 7) is 3.98. The Morgan fingerprint density at radius 2 is 2.03 bits per heavy atom. The highest BCUT2D eigenvalue weighted by Crippen LogP contribution is 2.44. The number of fused-ring (bicyclic) bond motifs is 2. The molecule has 0 saturated carbocycles. The second-order valence-corrected chi connectivity index (χ2v) is 11.0. The normalized spacial score (nSPS) is 18.4. The molecule has 1 N–H and O–H groups in total. The summed E-state index contributed by atoms with van der Waals surface area (Å²) in [5.41, 5.74) is 5.11. The van der Waals surface area contributed by atoms with E-state index in [0.717, 1.165) is 92.0 Å². The van der Waals surface area contributed by atoms with Crippen LogP contribution in [0.25, 0.3) is 10.4 Å². The molecule has 6 rings (SSSR count). The van der Waals surface area contributed by atoms with Crippen molar-refractivity contribution in [2.24, 2.45) is 0 Å². The molecule has 192 valence electrons. The molecule has 1 saturated heterocycles. The zero-order valence-corrected chi connectivity index (χ0v) is 21.6. The van der Waals surface area contributed by atoms with Gasteiger partial charge >= 0.3 is 0 Å². The highest BCUT2D eigenvalue weighted by atomic mass is 32.1. The fourth-order valence-electron chi connectivity index (χ4n) is 5.66. The Hall–Kier alpha value is -2.56. The third-order valence-corrected chi connectivity index (χ3v) is 8.67. The molecular weight excluding hydrogens is 482 g/mol. The Morgan fingerprint density at radius 3 is 2.78 bits per heavy atom. The molecule has 7 nitrogen and oxygen atoms in total. The van der Waals surface area contributed by atoms with Crippen LogP contribution in [-0.2, 0) is 24.1 Å². The Bertz CT molecular complexity index is 1250. The van der Waals surface area contributed by atoms with E-state index in [1.165, 1.54) is 22.6 Å². The molecule has 0 unspecified atom stereocenters. The number of hydrogen-bond donors (Lipinski definition) is 1. The number of anilines is 3. The second kappa shape index (κ2) is 9.72. The van der Waals surface area contributed by atoms with Crippen LogP contribution in [0.3, 0.4) is 0 Å². The minimum absolute atomic E-state index is 0.0606. The van der Waals surface area contributed by atoms with Crippen LogP contribution in [0.2, 0.25) is 0 Å². The van der Waals surface area contributed by atoms with Crippen molar-refractivity contribution in [3.05, 3.63) is 40.7 Å². The number of benzene rings is 1. The zero-order valence-electron chi connectivity index (χ0n) is 20.8. The summed E-state index contributed by atoms with van der Waals surface area (Å²) in [5, 5.41) is 9.47. The maximum Gasteiger partial charge on any atom is 0.264 e. The van der Waals surface area contributed by atoms with Gasteiger partial charge in [0, 0.05) is 87.6 Å². The highest BCUT2D eigenvalue weighted by molar-refractivity contribution is 7.18. The number of ether oxygens (including phenoxy) is 1. The molecule has 3 aromatic rings. The molecule has 0 atom stereocenters. The smallest absolute Gasteiger partial charge is 0.264 e. The fourth-order valence-corrected chi connectivity index (χ4v) is 6.54.